The molecule has 0 aliphatic carbocycles. The Kier molecular flexibility index (Phi) is 5.22. The number of fused-ring (bicyclic) bond motifs is 1. The first kappa shape index (κ1) is 20.8. The van der Waals surface area contributed by atoms with Crippen molar-refractivity contribution in [3.05, 3.63) is 76.4 Å². The number of hydrogen-bond acceptors (Lipinski definition) is 6. The van der Waals surface area contributed by atoms with Gasteiger partial charge in [-0.3, -0.25) is 9.89 Å². The summed E-state index contributed by atoms with van der Waals surface area (Å²) in [6.45, 7) is 3.32. The number of piperidine rings is 1. The molecule has 8 heteroatoms. The number of hydrogen-bond donors (Lipinski definition) is 1. The van der Waals surface area contributed by atoms with Gasteiger partial charge in [0, 0.05) is 35.3 Å². The van der Waals surface area contributed by atoms with Crippen LogP contribution in [0.25, 0.3) is 33.4 Å². The predicted molar refractivity (Wildman–Crippen MR) is 132 cm³/mol. The molecule has 2 aromatic carbocycles. The summed E-state index contributed by atoms with van der Waals surface area (Å²) in [5.74, 6) is 1.09. The van der Waals surface area contributed by atoms with Gasteiger partial charge < -0.3 is 9.42 Å². The van der Waals surface area contributed by atoms with Crippen LogP contribution in [-0.4, -0.2) is 44.2 Å². The van der Waals surface area contributed by atoms with E-state index in [-0.39, 0.29) is 5.91 Å². The molecule has 1 fully saturated rings. The number of aromatic nitrogens is 4. The molecule has 7 nitrogen and oxygen atoms in total. The number of likely N-dealkylation sites (tertiary alicyclic amines) is 1. The molecule has 0 radical (unpaired) electrons. The zero-order valence-corrected chi connectivity index (χ0v) is 19.5. The van der Waals surface area contributed by atoms with Crippen molar-refractivity contribution in [2.24, 2.45) is 0 Å². The second-order valence-electron chi connectivity index (χ2n) is 8.58. The number of benzene rings is 2. The van der Waals surface area contributed by atoms with Gasteiger partial charge in [-0.1, -0.05) is 53.7 Å². The average molecular weight is 470 g/mol. The van der Waals surface area contributed by atoms with Gasteiger partial charge in [0.05, 0.1) is 21.8 Å². The summed E-state index contributed by atoms with van der Waals surface area (Å²) < 4.78 is 5.53. The number of carbonyl (C=O) groups is 1. The Labute approximate surface area is 200 Å². The highest BCUT2D eigenvalue weighted by Crippen LogP contribution is 2.38. The van der Waals surface area contributed by atoms with Gasteiger partial charge in [-0.15, -0.1) is 11.3 Å². The lowest BCUT2D eigenvalue weighted by atomic mass is 9.97. The minimum Gasteiger partial charge on any atom is -0.360 e. The third-order valence-electron chi connectivity index (χ3n) is 6.49. The second kappa shape index (κ2) is 8.53. The molecular weight excluding hydrogens is 446 g/mol. The van der Waals surface area contributed by atoms with E-state index in [1.165, 1.54) is 0 Å². The van der Waals surface area contributed by atoms with Gasteiger partial charge in [-0.05, 0) is 25.8 Å². The monoisotopic (exact) mass is 469 g/mol. The van der Waals surface area contributed by atoms with Crippen LogP contribution in [0, 0.1) is 6.92 Å². The predicted octanol–water partition coefficient (Wildman–Crippen LogP) is 5.67. The Morgan fingerprint density at radius 2 is 1.85 bits per heavy atom. The van der Waals surface area contributed by atoms with Crippen molar-refractivity contribution in [3.8, 4) is 22.5 Å². The Morgan fingerprint density at radius 1 is 1.09 bits per heavy atom. The van der Waals surface area contributed by atoms with Crippen LogP contribution in [0.2, 0.25) is 0 Å². The van der Waals surface area contributed by atoms with Crippen LogP contribution < -0.4 is 0 Å². The molecule has 0 spiro atoms. The minimum absolute atomic E-state index is 0.0108. The van der Waals surface area contributed by atoms with Gasteiger partial charge in [0.1, 0.15) is 11.5 Å². The highest BCUT2D eigenvalue weighted by molar-refractivity contribution is 7.10. The van der Waals surface area contributed by atoms with Crippen molar-refractivity contribution in [2.45, 2.75) is 25.7 Å². The summed E-state index contributed by atoms with van der Waals surface area (Å²) in [5, 5.41) is 15.6. The van der Waals surface area contributed by atoms with Crippen molar-refractivity contribution >= 4 is 28.1 Å². The van der Waals surface area contributed by atoms with Gasteiger partial charge in [0.15, 0.2) is 5.69 Å². The fraction of sp³-hybridized carbons (Fsp3) is 0.231. The van der Waals surface area contributed by atoms with Crippen LogP contribution in [0.1, 0.15) is 40.0 Å². The van der Waals surface area contributed by atoms with Crippen molar-refractivity contribution in [1.29, 1.82) is 0 Å². The molecule has 0 atom stereocenters. The Balaban J connectivity index is 1.18. The van der Waals surface area contributed by atoms with Gasteiger partial charge >= 0.3 is 0 Å². The van der Waals surface area contributed by atoms with Crippen molar-refractivity contribution in [1.82, 2.24) is 25.2 Å². The fourth-order valence-electron chi connectivity index (χ4n) is 4.66. The van der Waals surface area contributed by atoms with Gasteiger partial charge in [-0.2, -0.15) is 5.10 Å². The molecule has 0 bridgehead atoms. The first-order valence-corrected chi connectivity index (χ1v) is 12.3. The van der Waals surface area contributed by atoms with Crippen LogP contribution >= 0.6 is 11.3 Å². The molecule has 34 heavy (non-hydrogen) atoms. The maximum Gasteiger partial charge on any atom is 0.274 e. The van der Waals surface area contributed by atoms with Crippen LogP contribution in [0.5, 0.6) is 0 Å². The molecule has 1 amide bonds. The van der Waals surface area contributed by atoms with E-state index in [1.807, 2.05) is 66.4 Å². The maximum absolute atomic E-state index is 13.1. The fourth-order valence-corrected chi connectivity index (χ4v) is 5.64. The van der Waals surface area contributed by atoms with Crippen molar-refractivity contribution in [3.63, 3.8) is 0 Å². The molecule has 0 saturated carbocycles. The van der Waals surface area contributed by atoms with E-state index in [0.29, 0.717) is 24.7 Å². The summed E-state index contributed by atoms with van der Waals surface area (Å²) in [6, 6.07) is 17.8. The molecule has 4 heterocycles. The first-order chi connectivity index (χ1) is 16.7. The molecule has 6 rings (SSSR count). The van der Waals surface area contributed by atoms with Crippen LogP contribution in [-0.2, 0) is 0 Å². The zero-order chi connectivity index (χ0) is 23.1. The molecule has 1 aliphatic heterocycles. The van der Waals surface area contributed by atoms with E-state index in [2.05, 4.69) is 20.7 Å². The smallest absolute Gasteiger partial charge is 0.274 e. The van der Waals surface area contributed by atoms with E-state index in [4.69, 9.17) is 9.51 Å². The summed E-state index contributed by atoms with van der Waals surface area (Å²) >= 11 is 1.67. The first-order valence-electron chi connectivity index (χ1n) is 11.4. The summed E-state index contributed by atoms with van der Waals surface area (Å²) in [7, 11) is 0. The molecule has 170 valence electrons. The number of aryl methyl sites for hydroxylation is 1. The van der Waals surface area contributed by atoms with E-state index in [0.717, 1.165) is 57.0 Å². The number of thiazole rings is 1. The van der Waals surface area contributed by atoms with Gasteiger partial charge in [0.25, 0.3) is 5.91 Å². The minimum atomic E-state index is -0.0108. The van der Waals surface area contributed by atoms with E-state index >= 15 is 0 Å². The number of H-pyrrole nitrogens is 1. The highest BCUT2D eigenvalue weighted by Gasteiger charge is 2.29. The van der Waals surface area contributed by atoms with E-state index < -0.39 is 0 Å². The van der Waals surface area contributed by atoms with E-state index in [1.54, 1.807) is 11.3 Å². The Morgan fingerprint density at radius 3 is 2.68 bits per heavy atom. The molecule has 5 aromatic rings. The number of rotatable bonds is 4. The Hall–Kier alpha value is -3.78. The number of carbonyl (C=O) groups excluding carboxylic acids is 1. The standard InChI is InChI=1S/C26H23N5O2S/c1-16-22(23(30-33-16)17-7-3-2-4-8-17)21-15-34-25(27-21)18-11-13-31(14-12-18)26(32)24-19-9-5-6-10-20(19)28-29-24/h2-10,15,18H,11-14H2,1H3,(H,28,29). The number of aromatic amines is 1. The largest absolute Gasteiger partial charge is 0.360 e. The summed E-state index contributed by atoms with van der Waals surface area (Å²) in [6.07, 6.45) is 1.77. The zero-order valence-electron chi connectivity index (χ0n) is 18.7. The van der Waals surface area contributed by atoms with Gasteiger partial charge in [-0.25, -0.2) is 4.98 Å². The third kappa shape index (κ3) is 3.60. The lowest BCUT2D eigenvalue weighted by Gasteiger charge is -2.30. The normalized spacial score (nSPS) is 14.7. The van der Waals surface area contributed by atoms with Crippen LogP contribution in [0.3, 0.4) is 0 Å². The lowest BCUT2D eigenvalue weighted by Crippen LogP contribution is -2.38. The SMILES string of the molecule is Cc1onc(-c2ccccc2)c1-c1csc(C2CCN(C(=O)c3n[nH]c4ccccc34)CC2)n1. The number of nitrogens with one attached hydrogen (secondary N) is 1. The third-order valence-corrected chi connectivity index (χ3v) is 7.50. The highest BCUT2D eigenvalue weighted by atomic mass is 32.1. The van der Waals surface area contributed by atoms with Gasteiger partial charge in [0.2, 0.25) is 0 Å². The number of nitrogens with zero attached hydrogens (tertiary/aromatic N) is 4. The topological polar surface area (TPSA) is 87.9 Å². The number of para-hydroxylation sites is 1. The van der Waals surface area contributed by atoms with Crippen LogP contribution in [0.15, 0.2) is 64.5 Å². The maximum atomic E-state index is 13.1. The number of amides is 1. The summed E-state index contributed by atoms with van der Waals surface area (Å²) in [4.78, 5) is 20.0. The lowest BCUT2D eigenvalue weighted by molar-refractivity contribution is 0.0709. The average Bonchev–Trinajstić information content (AvgIpc) is 3.62. The summed E-state index contributed by atoms with van der Waals surface area (Å²) in [5.41, 5.74) is 5.07. The quantitative estimate of drug-likeness (QED) is 0.366. The molecule has 3 aromatic heterocycles. The molecule has 1 saturated heterocycles. The molecule has 0 unspecified atom stereocenters. The Bertz CT molecular complexity index is 1460. The molecule has 1 aliphatic rings. The van der Waals surface area contributed by atoms with Crippen LogP contribution in [0.4, 0.5) is 0 Å². The molecule has 1 N–H and O–H groups in total. The van der Waals surface area contributed by atoms with Crippen molar-refractivity contribution < 1.29 is 9.32 Å². The molecular formula is C26H23N5O2S. The van der Waals surface area contributed by atoms with Crippen molar-refractivity contribution in [2.75, 3.05) is 13.1 Å². The van der Waals surface area contributed by atoms with E-state index in [9.17, 15) is 4.79 Å². The second-order valence-corrected chi connectivity index (χ2v) is 9.47.